The Kier molecular flexibility index (Phi) is 4.68. The molecule has 0 amide bonds. The fraction of sp³-hybridized carbons (Fsp3) is 0.118. The zero-order valence-corrected chi connectivity index (χ0v) is 14.2. The number of rotatable bonds is 4. The van der Waals surface area contributed by atoms with E-state index in [0.29, 0.717) is 11.1 Å². The van der Waals surface area contributed by atoms with Crippen molar-refractivity contribution in [3.8, 4) is 5.75 Å². The fourth-order valence-electron chi connectivity index (χ4n) is 2.43. The molecule has 3 aromatic rings. The predicted molar refractivity (Wildman–Crippen MR) is 88.5 cm³/mol. The summed E-state index contributed by atoms with van der Waals surface area (Å²) in [4.78, 5) is 12.2. The van der Waals surface area contributed by atoms with Crippen LogP contribution in [0.5, 0.6) is 5.75 Å². The predicted octanol–water partition coefficient (Wildman–Crippen LogP) is 3.26. The van der Waals surface area contributed by atoms with Crippen LogP contribution in [0.25, 0.3) is 5.52 Å². The Bertz CT molecular complexity index is 1150. The monoisotopic (exact) mass is 401 g/mol. The van der Waals surface area contributed by atoms with Gasteiger partial charge in [-0.25, -0.2) is 4.39 Å². The fourth-order valence-corrected chi connectivity index (χ4v) is 2.89. The summed E-state index contributed by atoms with van der Waals surface area (Å²) in [5, 5.41) is 0. The molecule has 0 aliphatic rings. The first-order valence-corrected chi connectivity index (χ1v) is 8.86. The molecule has 0 aliphatic carbocycles. The van der Waals surface area contributed by atoms with Gasteiger partial charge in [0.25, 0.3) is 5.56 Å². The van der Waals surface area contributed by atoms with Crippen LogP contribution in [0.1, 0.15) is 11.1 Å². The van der Waals surface area contributed by atoms with Crippen molar-refractivity contribution < 1.29 is 30.2 Å². The van der Waals surface area contributed by atoms with Crippen LogP contribution in [0.2, 0.25) is 0 Å². The largest absolute Gasteiger partial charge is 0.534 e. The molecule has 0 aliphatic heterocycles. The van der Waals surface area contributed by atoms with Gasteiger partial charge in [0.1, 0.15) is 11.6 Å². The lowest BCUT2D eigenvalue weighted by molar-refractivity contribution is -0.0500. The van der Waals surface area contributed by atoms with Crippen LogP contribution in [0.3, 0.4) is 0 Å². The Hall–Kier alpha value is -2.88. The topological polar surface area (TPSA) is 64.9 Å². The molecule has 142 valence electrons. The molecule has 0 radical (unpaired) electrons. The summed E-state index contributed by atoms with van der Waals surface area (Å²) in [7, 11) is -5.82. The van der Waals surface area contributed by atoms with E-state index in [1.165, 1.54) is 36.4 Å². The second kappa shape index (κ2) is 6.69. The molecule has 0 saturated carbocycles. The molecule has 0 unspecified atom stereocenters. The molecule has 2 aromatic heterocycles. The van der Waals surface area contributed by atoms with Gasteiger partial charge in [0.05, 0.1) is 5.52 Å². The maximum Gasteiger partial charge on any atom is 0.534 e. The van der Waals surface area contributed by atoms with Crippen molar-refractivity contribution in [2.75, 3.05) is 0 Å². The van der Waals surface area contributed by atoms with E-state index >= 15 is 0 Å². The number of aromatic nitrogens is 1. The van der Waals surface area contributed by atoms with Crippen molar-refractivity contribution >= 4 is 15.6 Å². The summed E-state index contributed by atoms with van der Waals surface area (Å²) in [5.41, 5.74) is -4.65. The van der Waals surface area contributed by atoms with Crippen LogP contribution < -0.4 is 9.74 Å². The first-order valence-electron chi connectivity index (χ1n) is 7.46. The zero-order chi connectivity index (χ0) is 19.8. The highest BCUT2D eigenvalue weighted by Crippen LogP contribution is 2.27. The van der Waals surface area contributed by atoms with Crippen LogP contribution in [0.15, 0.2) is 59.5 Å². The van der Waals surface area contributed by atoms with Gasteiger partial charge in [-0.2, -0.15) is 21.6 Å². The van der Waals surface area contributed by atoms with Crippen LogP contribution >= 0.6 is 0 Å². The smallest absolute Gasteiger partial charge is 0.376 e. The van der Waals surface area contributed by atoms with E-state index in [-0.39, 0.29) is 11.9 Å². The molecule has 0 atom stereocenters. The molecule has 3 rings (SSSR count). The Labute approximate surface area is 150 Å². The van der Waals surface area contributed by atoms with E-state index in [2.05, 4.69) is 4.18 Å². The minimum Gasteiger partial charge on any atom is -0.376 e. The number of pyridine rings is 2. The van der Waals surface area contributed by atoms with Crippen molar-refractivity contribution in [3.05, 3.63) is 82.0 Å². The van der Waals surface area contributed by atoms with Gasteiger partial charge in [0.2, 0.25) is 0 Å². The zero-order valence-electron chi connectivity index (χ0n) is 13.4. The van der Waals surface area contributed by atoms with Crippen molar-refractivity contribution in [2.45, 2.75) is 11.9 Å². The number of fused-ring (bicyclic) bond motifs is 1. The average Bonchev–Trinajstić information content (AvgIpc) is 2.55. The molecule has 0 N–H and O–H groups in total. The van der Waals surface area contributed by atoms with Crippen LogP contribution in [-0.2, 0) is 16.5 Å². The molecule has 27 heavy (non-hydrogen) atoms. The summed E-state index contributed by atoms with van der Waals surface area (Å²) in [5.74, 6) is -0.990. The van der Waals surface area contributed by atoms with E-state index in [4.69, 9.17) is 0 Å². The number of benzene rings is 1. The quantitative estimate of drug-likeness (QED) is 0.383. The van der Waals surface area contributed by atoms with Gasteiger partial charge in [-0.1, -0.05) is 12.1 Å². The van der Waals surface area contributed by atoms with Gasteiger partial charge in [-0.05, 0) is 41.8 Å². The lowest BCUT2D eigenvalue weighted by Crippen LogP contribution is -2.28. The lowest BCUT2D eigenvalue weighted by Gasteiger charge is -2.11. The molecule has 1 aromatic carbocycles. The van der Waals surface area contributed by atoms with Crippen LogP contribution in [-0.4, -0.2) is 18.3 Å². The van der Waals surface area contributed by atoms with Gasteiger partial charge < -0.3 is 4.18 Å². The third-order valence-corrected chi connectivity index (χ3v) is 4.63. The second-order valence-electron chi connectivity index (χ2n) is 5.65. The SMILES string of the molecule is O=c1cc(Cc2ccc(F)cc2)cc2cc(OS(=O)(=O)C(F)(F)F)ccn12. The van der Waals surface area contributed by atoms with E-state index in [0.717, 1.165) is 22.7 Å². The molecule has 0 saturated heterocycles. The molecule has 10 heteroatoms. The first kappa shape index (κ1) is 18.9. The summed E-state index contributed by atoms with van der Waals surface area (Å²) < 4.78 is 77.7. The minimum absolute atomic E-state index is 0.148. The molecule has 0 spiro atoms. The van der Waals surface area contributed by atoms with E-state index in [1.807, 2.05) is 0 Å². The van der Waals surface area contributed by atoms with Crippen molar-refractivity contribution in [3.63, 3.8) is 0 Å². The highest BCUT2D eigenvalue weighted by Gasteiger charge is 2.48. The molecule has 5 nitrogen and oxygen atoms in total. The van der Waals surface area contributed by atoms with Crippen LogP contribution in [0.4, 0.5) is 17.6 Å². The van der Waals surface area contributed by atoms with Crippen molar-refractivity contribution in [1.29, 1.82) is 0 Å². The second-order valence-corrected chi connectivity index (χ2v) is 7.18. The summed E-state index contributed by atoms with van der Waals surface area (Å²) >= 11 is 0. The van der Waals surface area contributed by atoms with Gasteiger partial charge in [0, 0.05) is 18.3 Å². The third kappa shape index (κ3) is 4.11. The molecule has 0 bridgehead atoms. The van der Waals surface area contributed by atoms with E-state index in [1.54, 1.807) is 0 Å². The van der Waals surface area contributed by atoms with Gasteiger partial charge in [-0.15, -0.1) is 0 Å². The normalized spacial score (nSPS) is 12.3. The van der Waals surface area contributed by atoms with E-state index < -0.39 is 32.8 Å². The van der Waals surface area contributed by atoms with Crippen molar-refractivity contribution in [2.24, 2.45) is 0 Å². The summed E-state index contributed by atoms with van der Waals surface area (Å²) in [6, 6.07) is 10.4. The molecule has 2 heterocycles. The first-order chi connectivity index (χ1) is 12.5. The minimum atomic E-state index is -5.82. The van der Waals surface area contributed by atoms with Crippen LogP contribution in [0, 0.1) is 5.82 Å². The number of alkyl halides is 3. The average molecular weight is 401 g/mol. The Morgan fingerprint density at radius 1 is 0.963 bits per heavy atom. The highest BCUT2D eigenvalue weighted by molar-refractivity contribution is 7.88. The Morgan fingerprint density at radius 2 is 1.63 bits per heavy atom. The van der Waals surface area contributed by atoms with Gasteiger partial charge in [-0.3, -0.25) is 9.20 Å². The molecular weight excluding hydrogens is 390 g/mol. The maximum absolute atomic E-state index is 13.0. The number of nitrogens with zero attached hydrogens (tertiary/aromatic N) is 1. The number of halogens is 4. The molecule has 0 fully saturated rings. The van der Waals surface area contributed by atoms with Gasteiger partial charge in [0.15, 0.2) is 0 Å². The standard InChI is InChI=1S/C17H11F4NO4S/c18-13-3-1-11(2-4-13)7-12-8-14-10-15(5-6-22(14)16(23)9-12)26-27(24,25)17(19,20)21/h1-6,8-10H,7H2. The van der Waals surface area contributed by atoms with E-state index in [9.17, 15) is 30.8 Å². The van der Waals surface area contributed by atoms with Crippen molar-refractivity contribution in [1.82, 2.24) is 4.40 Å². The summed E-state index contributed by atoms with van der Waals surface area (Å²) in [6.45, 7) is 0. The lowest BCUT2D eigenvalue weighted by atomic mass is 10.1. The highest BCUT2D eigenvalue weighted by atomic mass is 32.2. The summed E-state index contributed by atoms with van der Waals surface area (Å²) in [6.07, 6.45) is 1.39. The third-order valence-electron chi connectivity index (χ3n) is 3.65. The Balaban J connectivity index is 1.98. The van der Waals surface area contributed by atoms with Gasteiger partial charge >= 0.3 is 15.6 Å². The number of hydrogen-bond donors (Lipinski definition) is 0. The maximum atomic E-state index is 13.0. The Morgan fingerprint density at radius 3 is 2.26 bits per heavy atom. The number of hydrogen-bond acceptors (Lipinski definition) is 4. The molecular formula is C17H11F4NO4S.